The summed E-state index contributed by atoms with van der Waals surface area (Å²) >= 11 is 0. The third kappa shape index (κ3) is 3.82. The van der Waals surface area contributed by atoms with E-state index in [0.29, 0.717) is 24.5 Å². The van der Waals surface area contributed by atoms with Crippen LogP contribution in [0.25, 0.3) is 0 Å². The molecule has 0 unspecified atom stereocenters. The molecule has 0 aromatic carbocycles. The lowest BCUT2D eigenvalue weighted by Gasteiger charge is -2.29. The van der Waals surface area contributed by atoms with Crippen molar-refractivity contribution in [2.45, 2.75) is 51.9 Å². The summed E-state index contributed by atoms with van der Waals surface area (Å²) in [6, 6.07) is 1.81. The van der Waals surface area contributed by atoms with Crippen LogP contribution in [0.3, 0.4) is 0 Å². The number of ether oxygens (including phenoxy) is 1. The van der Waals surface area contributed by atoms with Gasteiger partial charge in [-0.2, -0.15) is 0 Å². The molecule has 0 amide bonds. The number of hydrogen-bond acceptors (Lipinski definition) is 4. The minimum Gasteiger partial charge on any atom is -0.492 e. The van der Waals surface area contributed by atoms with Crippen molar-refractivity contribution in [1.82, 2.24) is 4.98 Å². The molecule has 1 saturated carbocycles. The maximum atomic E-state index is 13.0. The molecule has 4 nitrogen and oxygen atoms in total. The molecule has 1 aliphatic carbocycles. The fraction of sp³-hybridized carbons (Fsp3) is 0.647. The van der Waals surface area contributed by atoms with E-state index >= 15 is 0 Å². The molecule has 0 radical (unpaired) electrons. The first kappa shape index (κ1) is 16.0. The molecular formula is C17H26N2O2. The van der Waals surface area contributed by atoms with E-state index in [9.17, 15) is 4.79 Å². The van der Waals surface area contributed by atoms with Crippen molar-refractivity contribution in [3.8, 4) is 5.75 Å². The number of pyridine rings is 1. The van der Waals surface area contributed by atoms with Gasteiger partial charge in [-0.05, 0) is 25.3 Å². The zero-order valence-electron chi connectivity index (χ0n) is 12.9. The zero-order valence-corrected chi connectivity index (χ0v) is 12.9. The van der Waals surface area contributed by atoms with Crippen LogP contribution in [0.5, 0.6) is 5.75 Å². The van der Waals surface area contributed by atoms with Gasteiger partial charge in [0.05, 0.1) is 12.8 Å². The van der Waals surface area contributed by atoms with E-state index in [4.69, 9.17) is 10.5 Å². The molecule has 1 aromatic heterocycles. The Morgan fingerprint density at radius 1 is 1.29 bits per heavy atom. The molecule has 1 fully saturated rings. The lowest BCUT2D eigenvalue weighted by atomic mass is 9.74. The van der Waals surface area contributed by atoms with Crippen LogP contribution in [-0.4, -0.2) is 23.9 Å². The van der Waals surface area contributed by atoms with Gasteiger partial charge in [0, 0.05) is 23.7 Å². The van der Waals surface area contributed by atoms with Crippen LogP contribution < -0.4 is 10.5 Å². The molecule has 21 heavy (non-hydrogen) atoms. The smallest absolute Gasteiger partial charge is 0.171 e. The molecule has 4 heteroatoms. The molecule has 0 spiro atoms. The van der Waals surface area contributed by atoms with E-state index in [1.807, 2.05) is 6.07 Å². The number of hydrogen-bond donors (Lipinski definition) is 1. The number of nitrogens with zero attached hydrogens (tertiary/aromatic N) is 1. The van der Waals surface area contributed by atoms with Gasteiger partial charge in [-0.15, -0.1) is 0 Å². The number of Topliss-reactive ketones (excluding diaryl/α,β-unsaturated/α-hetero) is 1. The normalized spacial score (nSPS) is 18.0. The molecular weight excluding hydrogens is 264 g/mol. The molecule has 0 bridgehead atoms. The summed E-state index contributed by atoms with van der Waals surface area (Å²) in [4.78, 5) is 17.1. The largest absolute Gasteiger partial charge is 0.492 e. The fourth-order valence-corrected chi connectivity index (χ4v) is 3.08. The minimum atomic E-state index is -0.401. The van der Waals surface area contributed by atoms with Crippen molar-refractivity contribution in [2.75, 3.05) is 13.2 Å². The van der Waals surface area contributed by atoms with Crippen molar-refractivity contribution >= 4 is 5.78 Å². The first-order chi connectivity index (χ1) is 10.2. The molecule has 0 aliphatic heterocycles. The Labute approximate surface area is 127 Å². The van der Waals surface area contributed by atoms with Crippen LogP contribution >= 0.6 is 0 Å². The van der Waals surface area contributed by atoms with E-state index in [1.54, 1.807) is 12.4 Å². The molecule has 1 aromatic rings. The molecule has 116 valence electrons. The van der Waals surface area contributed by atoms with Crippen molar-refractivity contribution in [3.05, 3.63) is 24.0 Å². The van der Waals surface area contributed by atoms with Gasteiger partial charge in [0.25, 0.3) is 0 Å². The standard InChI is InChI=1S/C17H26N2O2/c1-2-9-21-15-10-14(11-19-12-15)16(20)17(13-18)7-5-3-4-6-8-17/h10-12H,2-9,13,18H2,1H3. The molecule has 2 rings (SSSR count). The number of aromatic nitrogens is 1. The first-order valence-electron chi connectivity index (χ1n) is 8.04. The van der Waals surface area contributed by atoms with E-state index in [2.05, 4.69) is 11.9 Å². The summed E-state index contributed by atoms with van der Waals surface area (Å²) in [5, 5.41) is 0. The zero-order chi connectivity index (χ0) is 15.1. The number of nitrogens with two attached hydrogens (primary N) is 1. The maximum Gasteiger partial charge on any atom is 0.171 e. The summed E-state index contributed by atoms with van der Waals surface area (Å²) < 4.78 is 5.58. The third-order valence-electron chi connectivity index (χ3n) is 4.38. The summed E-state index contributed by atoms with van der Waals surface area (Å²) in [7, 11) is 0. The van der Waals surface area contributed by atoms with Crippen LogP contribution in [0.1, 0.15) is 62.2 Å². The van der Waals surface area contributed by atoms with Crippen molar-refractivity contribution < 1.29 is 9.53 Å². The second-order valence-corrected chi connectivity index (χ2v) is 5.99. The van der Waals surface area contributed by atoms with Crippen molar-refractivity contribution in [1.29, 1.82) is 0 Å². The van der Waals surface area contributed by atoms with Gasteiger partial charge in [-0.25, -0.2) is 0 Å². The fourth-order valence-electron chi connectivity index (χ4n) is 3.08. The summed E-state index contributed by atoms with van der Waals surface area (Å²) in [6.45, 7) is 3.12. The molecule has 0 atom stereocenters. The van der Waals surface area contributed by atoms with E-state index in [-0.39, 0.29) is 5.78 Å². The predicted molar refractivity (Wildman–Crippen MR) is 83.5 cm³/mol. The van der Waals surface area contributed by atoms with Crippen LogP contribution in [0, 0.1) is 5.41 Å². The predicted octanol–water partition coefficient (Wildman–Crippen LogP) is 3.35. The van der Waals surface area contributed by atoms with Crippen LogP contribution in [0.15, 0.2) is 18.5 Å². The van der Waals surface area contributed by atoms with Crippen molar-refractivity contribution in [2.24, 2.45) is 11.1 Å². The highest BCUT2D eigenvalue weighted by atomic mass is 16.5. The summed E-state index contributed by atoms with van der Waals surface area (Å²) in [6.07, 6.45) is 10.6. The van der Waals surface area contributed by atoms with E-state index in [1.165, 1.54) is 12.8 Å². The van der Waals surface area contributed by atoms with Gasteiger partial charge >= 0.3 is 0 Å². The Hall–Kier alpha value is -1.42. The molecule has 0 saturated heterocycles. The number of rotatable bonds is 6. The van der Waals surface area contributed by atoms with E-state index in [0.717, 1.165) is 32.1 Å². The van der Waals surface area contributed by atoms with Crippen molar-refractivity contribution in [3.63, 3.8) is 0 Å². The monoisotopic (exact) mass is 290 g/mol. The highest BCUT2D eigenvalue weighted by molar-refractivity contribution is 6.00. The summed E-state index contributed by atoms with van der Waals surface area (Å²) in [5.74, 6) is 0.810. The lowest BCUT2D eigenvalue weighted by molar-refractivity contribution is 0.0773. The average molecular weight is 290 g/mol. The number of ketones is 1. The van der Waals surface area contributed by atoms with E-state index < -0.39 is 5.41 Å². The van der Waals surface area contributed by atoms with Gasteiger partial charge < -0.3 is 10.5 Å². The second-order valence-electron chi connectivity index (χ2n) is 5.99. The van der Waals surface area contributed by atoms with Gasteiger partial charge in [-0.1, -0.05) is 32.6 Å². The Kier molecular flexibility index (Phi) is 5.74. The van der Waals surface area contributed by atoms with Crippen LogP contribution in [-0.2, 0) is 0 Å². The van der Waals surface area contributed by atoms with Crippen LogP contribution in [0.4, 0.5) is 0 Å². The van der Waals surface area contributed by atoms with Crippen LogP contribution in [0.2, 0.25) is 0 Å². The minimum absolute atomic E-state index is 0.140. The Morgan fingerprint density at radius 2 is 2.00 bits per heavy atom. The lowest BCUT2D eigenvalue weighted by Crippen LogP contribution is -2.38. The Bertz CT molecular complexity index is 466. The SMILES string of the molecule is CCCOc1cncc(C(=O)C2(CN)CCCCCC2)c1. The maximum absolute atomic E-state index is 13.0. The molecule has 2 N–H and O–H groups in total. The topological polar surface area (TPSA) is 65.2 Å². The molecule has 1 heterocycles. The Morgan fingerprint density at radius 3 is 2.62 bits per heavy atom. The highest BCUT2D eigenvalue weighted by Gasteiger charge is 2.37. The van der Waals surface area contributed by atoms with Gasteiger partial charge in [-0.3, -0.25) is 9.78 Å². The number of carbonyl (C=O) groups is 1. The third-order valence-corrected chi connectivity index (χ3v) is 4.38. The number of carbonyl (C=O) groups excluding carboxylic acids is 1. The van der Waals surface area contributed by atoms with Gasteiger partial charge in [0.2, 0.25) is 0 Å². The first-order valence-corrected chi connectivity index (χ1v) is 8.04. The van der Waals surface area contributed by atoms with Gasteiger partial charge in [0.15, 0.2) is 5.78 Å². The van der Waals surface area contributed by atoms with Gasteiger partial charge in [0.1, 0.15) is 5.75 Å². The Balaban J connectivity index is 2.20. The second kappa shape index (κ2) is 7.55. The summed E-state index contributed by atoms with van der Waals surface area (Å²) in [5.41, 5.74) is 6.23. The highest BCUT2D eigenvalue weighted by Crippen LogP contribution is 2.37. The average Bonchev–Trinajstić information content (AvgIpc) is 2.79. The molecule has 1 aliphatic rings. The quantitative estimate of drug-likeness (QED) is 0.644.